The average molecular weight is 342 g/mol. The molecule has 0 saturated heterocycles. The maximum absolute atomic E-state index is 5.50. The van der Waals surface area contributed by atoms with Gasteiger partial charge in [-0.3, -0.25) is 0 Å². The number of benzene rings is 3. The smallest absolute Gasteiger partial charge is 0.779 e. The van der Waals surface area contributed by atoms with Gasteiger partial charge in [-0.05, 0) is 27.6 Å². The summed E-state index contributed by atoms with van der Waals surface area (Å²) in [6.07, 6.45) is 0. The van der Waals surface area contributed by atoms with Gasteiger partial charge in [0.1, 0.15) is 0 Å². The third-order valence-electron chi connectivity index (χ3n) is 2.72. The van der Waals surface area contributed by atoms with Crippen molar-refractivity contribution >= 4 is 34.2 Å². The second-order valence-electron chi connectivity index (χ2n) is 3.65. The molecule has 0 aliphatic rings. The second-order valence-corrected chi connectivity index (χ2v) is 4.06. The van der Waals surface area contributed by atoms with Crippen molar-refractivity contribution in [2.75, 3.05) is 0 Å². The van der Waals surface area contributed by atoms with E-state index in [1.165, 1.54) is 21.5 Å². The maximum atomic E-state index is 5.50. The van der Waals surface area contributed by atoms with Crippen LogP contribution in [0.2, 0.25) is 0 Å². The first-order valence-electron chi connectivity index (χ1n) is 4.94. The molecule has 0 atom stereocenters. The molecule has 0 N–H and O–H groups in total. The van der Waals surface area contributed by atoms with Crippen LogP contribution in [0, 0.1) is 0 Å². The molecule has 0 unspecified atom stereocenters. The summed E-state index contributed by atoms with van der Waals surface area (Å²) in [6.45, 7) is 0. The molecule has 3 aromatic carbocycles. The molecule has 16 heavy (non-hydrogen) atoms. The van der Waals surface area contributed by atoms with Crippen LogP contribution in [0.3, 0.4) is 0 Å². The number of fused-ring (bicyclic) bond motifs is 2. The summed E-state index contributed by atoms with van der Waals surface area (Å²) in [7, 11) is 0. The van der Waals surface area contributed by atoms with Gasteiger partial charge in [0.05, 0.1) is 0 Å². The molecule has 2 heteroatoms. The molecular formula is C14H9CsS. The molecule has 0 heterocycles. The summed E-state index contributed by atoms with van der Waals surface area (Å²) in [4.78, 5) is 0.962. The van der Waals surface area contributed by atoms with Crippen LogP contribution in [0.15, 0.2) is 59.5 Å². The third kappa shape index (κ3) is 2.20. The molecule has 0 aromatic heterocycles. The Bertz CT molecular complexity index is 592. The summed E-state index contributed by atoms with van der Waals surface area (Å²) in [5.41, 5.74) is 0. The van der Waals surface area contributed by atoms with E-state index in [4.69, 9.17) is 12.6 Å². The van der Waals surface area contributed by atoms with Crippen molar-refractivity contribution in [2.24, 2.45) is 0 Å². The Morgan fingerprint density at radius 2 is 1.12 bits per heavy atom. The van der Waals surface area contributed by atoms with Gasteiger partial charge in [-0.2, -0.15) is 4.90 Å². The Kier molecular flexibility index (Phi) is 4.35. The van der Waals surface area contributed by atoms with Crippen LogP contribution in [-0.2, 0) is 12.6 Å². The van der Waals surface area contributed by atoms with Crippen molar-refractivity contribution in [3.05, 3.63) is 54.6 Å². The van der Waals surface area contributed by atoms with Crippen LogP contribution in [0.25, 0.3) is 21.5 Å². The van der Waals surface area contributed by atoms with E-state index in [1.54, 1.807) is 0 Å². The normalized spacial score (nSPS) is 10.2. The van der Waals surface area contributed by atoms with Crippen LogP contribution < -0.4 is 68.9 Å². The third-order valence-corrected chi connectivity index (χ3v) is 3.16. The quantitative estimate of drug-likeness (QED) is 0.432. The van der Waals surface area contributed by atoms with Crippen molar-refractivity contribution in [2.45, 2.75) is 4.90 Å². The molecule has 0 nitrogen and oxygen atoms in total. The van der Waals surface area contributed by atoms with Crippen LogP contribution in [0.5, 0.6) is 0 Å². The predicted molar refractivity (Wildman–Crippen MR) is 67.1 cm³/mol. The molecule has 72 valence electrons. The fraction of sp³-hybridized carbons (Fsp3) is 0. The topological polar surface area (TPSA) is 0 Å². The molecule has 0 aliphatic carbocycles. The Morgan fingerprint density at radius 3 is 1.62 bits per heavy atom. The largest absolute Gasteiger partial charge is 1.00 e. The molecule has 0 fully saturated rings. The summed E-state index contributed by atoms with van der Waals surface area (Å²) < 4.78 is 0. The predicted octanol–water partition coefficient (Wildman–Crippen LogP) is 0.903. The van der Waals surface area contributed by atoms with E-state index in [0.717, 1.165) is 4.90 Å². The molecule has 0 amide bonds. The molecule has 3 rings (SSSR count). The van der Waals surface area contributed by atoms with E-state index in [0.29, 0.717) is 0 Å². The first kappa shape index (κ1) is 12.9. The molecule has 0 saturated carbocycles. The monoisotopic (exact) mass is 342 g/mol. The standard InChI is InChI=1S/C14H10S.Cs/c15-14-12-7-3-1-5-10(12)9-11-6-2-4-8-13(11)14;/h1-9,15H;/q;+1/p-1. The number of hydrogen-bond acceptors (Lipinski definition) is 1. The van der Waals surface area contributed by atoms with E-state index in [-0.39, 0.29) is 68.9 Å². The first-order chi connectivity index (χ1) is 7.36. The van der Waals surface area contributed by atoms with Gasteiger partial charge in [0.2, 0.25) is 0 Å². The summed E-state index contributed by atoms with van der Waals surface area (Å²) in [5, 5.41) is 4.79. The minimum absolute atomic E-state index is 0. The Labute approximate surface area is 159 Å². The van der Waals surface area contributed by atoms with Gasteiger partial charge >= 0.3 is 68.9 Å². The number of hydrogen-bond donors (Lipinski definition) is 0. The zero-order chi connectivity index (χ0) is 10.3. The van der Waals surface area contributed by atoms with Crippen LogP contribution in [0.4, 0.5) is 0 Å². The van der Waals surface area contributed by atoms with Crippen molar-refractivity contribution < 1.29 is 68.9 Å². The number of rotatable bonds is 0. The molecule has 3 aromatic rings. The molecule has 0 radical (unpaired) electrons. The first-order valence-corrected chi connectivity index (χ1v) is 5.34. The van der Waals surface area contributed by atoms with Crippen LogP contribution in [0.1, 0.15) is 0 Å². The minimum Gasteiger partial charge on any atom is -0.779 e. The fourth-order valence-corrected chi connectivity index (χ4v) is 2.34. The van der Waals surface area contributed by atoms with Crippen molar-refractivity contribution in [3.8, 4) is 0 Å². The Balaban J connectivity index is 0.000000963. The average Bonchev–Trinajstić information content (AvgIpc) is 2.30. The van der Waals surface area contributed by atoms with Crippen LogP contribution in [-0.4, -0.2) is 0 Å². The summed E-state index contributed by atoms with van der Waals surface area (Å²) >= 11 is 5.50. The molecule has 0 spiro atoms. The molecule has 0 aliphatic heterocycles. The zero-order valence-corrected chi connectivity index (χ0v) is 16.2. The van der Waals surface area contributed by atoms with Crippen molar-refractivity contribution in [1.29, 1.82) is 0 Å². The summed E-state index contributed by atoms with van der Waals surface area (Å²) in [5.74, 6) is 0. The van der Waals surface area contributed by atoms with E-state index in [1.807, 2.05) is 24.3 Å². The van der Waals surface area contributed by atoms with E-state index < -0.39 is 0 Å². The van der Waals surface area contributed by atoms with Gasteiger partial charge in [0, 0.05) is 0 Å². The van der Waals surface area contributed by atoms with Crippen molar-refractivity contribution in [1.82, 2.24) is 0 Å². The minimum atomic E-state index is 0. The summed E-state index contributed by atoms with van der Waals surface area (Å²) in [6, 6.07) is 18.8. The zero-order valence-electron chi connectivity index (χ0n) is 9.10. The van der Waals surface area contributed by atoms with Crippen LogP contribution >= 0.6 is 0 Å². The van der Waals surface area contributed by atoms with Gasteiger partial charge < -0.3 is 12.6 Å². The van der Waals surface area contributed by atoms with Gasteiger partial charge in [-0.1, -0.05) is 48.5 Å². The van der Waals surface area contributed by atoms with Gasteiger partial charge in [-0.15, -0.1) is 0 Å². The van der Waals surface area contributed by atoms with Gasteiger partial charge in [0.15, 0.2) is 0 Å². The fourth-order valence-electron chi connectivity index (χ4n) is 1.97. The Morgan fingerprint density at radius 1 is 0.688 bits per heavy atom. The van der Waals surface area contributed by atoms with Gasteiger partial charge in [0.25, 0.3) is 0 Å². The second kappa shape index (κ2) is 5.40. The van der Waals surface area contributed by atoms with E-state index >= 15 is 0 Å². The SMILES string of the molecule is [Cs+].[S-]c1c2ccccc2cc2ccccc12. The molecular weight excluding hydrogens is 333 g/mol. The van der Waals surface area contributed by atoms with E-state index in [2.05, 4.69) is 30.3 Å². The molecule has 0 bridgehead atoms. The Hall–Kier alpha value is 0.452. The van der Waals surface area contributed by atoms with Gasteiger partial charge in [-0.25, -0.2) is 0 Å². The maximum Gasteiger partial charge on any atom is 1.00 e. The van der Waals surface area contributed by atoms with Crippen molar-refractivity contribution in [3.63, 3.8) is 0 Å². The van der Waals surface area contributed by atoms with E-state index in [9.17, 15) is 0 Å².